The van der Waals surface area contributed by atoms with Gasteiger partial charge in [0, 0.05) is 36.1 Å². The van der Waals surface area contributed by atoms with Gasteiger partial charge in [-0.3, -0.25) is 4.79 Å². The van der Waals surface area contributed by atoms with Crippen LogP contribution in [0.3, 0.4) is 0 Å². The van der Waals surface area contributed by atoms with Crippen molar-refractivity contribution in [2.45, 2.75) is 62.8 Å². The summed E-state index contributed by atoms with van der Waals surface area (Å²) in [5.41, 5.74) is 0.323. The van der Waals surface area contributed by atoms with Gasteiger partial charge in [0.2, 0.25) is 0 Å². The first kappa shape index (κ1) is 17.1. The Balaban J connectivity index is 1.55. The number of likely N-dealkylation sites (tertiary alicyclic amines) is 1. The van der Waals surface area contributed by atoms with Crippen LogP contribution in [0, 0.1) is 17.2 Å². The molecule has 4 nitrogen and oxygen atoms in total. The zero-order valence-electron chi connectivity index (χ0n) is 14.7. The fraction of sp³-hybridized carbons (Fsp3) is 0.700. The van der Waals surface area contributed by atoms with E-state index in [1.807, 2.05) is 11.4 Å². The molecular weight excluding hydrogens is 332 g/mol. The largest absolute Gasteiger partial charge is 0.381 e. The molecule has 0 N–H and O–H groups in total. The number of nitrogens with zero attached hydrogens (tertiary/aromatic N) is 2. The van der Waals surface area contributed by atoms with E-state index in [9.17, 15) is 10.1 Å². The Morgan fingerprint density at radius 2 is 2.00 bits per heavy atom. The molecule has 1 aliphatic carbocycles. The summed E-state index contributed by atoms with van der Waals surface area (Å²) in [5.74, 6) is 0.879. The van der Waals surface area contributed by atoms with Crippen LogP contribution in [0.1, 0.15) is 66.6 Å². The Hall–Kier alpha value is -1.38. The first-order valence-corrected chi connectivity index (χ1v) is 10.5. The van der Waals surface area contributed by atoms with Gasteiger partial charge in [0.1, 0.15) is 0 Å². The van der Waals surface area contributed by atoms with Crippen LogP contribution >= 0.6 is 11.3 Å². The van der Waals surface area contributed by atoms with Gasteiger partial charge in [0.15, 0.2) is 0 Å². The van der Waals surface area contributed by atoms with Crippen LogP contribution in [0.25, 0.3) is 0 Å². The average Bonchev–Trinajstić information content (AvgIpc) is 3.18. The van der Waals surface area contributed by atoms with Crippen LogP contribution in [0.4, 0.5) is 0 Å². The smallest absolute Gasteiger partial charge is 0.254 e. The van der Waals surface area contributed by atoms with Gasteiger partial charge in [-0.1, -0.05) is 12.8 Å². The van der Waals surface area contributed by atoms with E-state index in [0.29, 0.717) is 25.2 Å². The lowest BCUT2D eigenvalue weighted by Crippen LogP contribution is -2.49. The first-order valence-electron chi connectivity index (χ1n) is 9.62. The Kier molecular flexibility index (Phi) is 4.84. The van der Waals surface area contributed by atoms with Crippen LogP contribution in [-0.2, 0) is 10.2 Å². The van der Waals surface area contributed by atoms with Gasteiger partial charge in [-0.2, -0.15) is 5.26 Å². The van der Waals surface area contributed by atoms with E-state index in [1.165, 1.54) is 25.7 Å². The molecule has 0 radical (unpaired) electrons. The molecule has 3 heterocycles. The van der Waals surface area contributed by atoms with E-state index in [0.717, 1.165) is 42.7 Å². The van der Waals surface area contributed by atoms with Crippen molar-refractivity contribution in [2.24, 2.45) is 5.92 Å². The van der Waals surface area contributed by atoms with E-state index in [1.54, 1.807) is 11.3 Å². The van der Waals surface area contributed by atoms with Gasteiger partial charge in [-0.05, 0) is 50.5 Å². The monoisotopic (exact) mass is 358 g/mol. The summed E-state index contributed by atoms with van der Waals surface area (Å²) in [4.78, 5) is 16.4. The molecule has 4 rings (SSSR count). The number of hydrogen-bond donors (Lipinski definition) is 0. The van der Waals surface area contributed by atoms with Crippen molar-refractivity contribution in [1.29, 1.82) is 5.26 Å². The molecule has 0 unspecified atom stereocenters. The highest BCUT2D eigenvalue weighted by Gasteiger charge is 2.39. The second-order valence-electron chi connectivity index (χ2n) is 7.76. The average molecular weight is 359 g/mol. The third-order valence-corrected chi connectivity index (χ3v) is 7.52. The number of nitriles is 1. The molecule has 2 saturated heterocycles. The Labute approximate surface area is 153 Å². The molecule has 2 aliphatic heterocycles. The van der Waals surface area contributed by atoms with Crippen molar-refractivity contribution in [3.8, 4) is 6.07 Å². The Bertz CT molecular complexity index is 669. The zero-order valence-corrected chi connectivity index (χ0v) is 15.5. The summed E-state index contributed by atoms with van der Waals surface area (Å²) in [7, 11) is 0. The number of ether oxygens (including phenoxy) is 1. The van der Waals surface area contributed by atoms with Crippen molar-refractivity contribution in [2.75, 3.05) is 19.8 Å². The molecule has 5 heteroatoms. The van der Waals surface area contributed by atoms with Crippen molar-refractivity contribution >= 4 is 17.2 Å². The van der Waals surface area contributed by atoms with Crippen LogP contribution in [0.5, 0.6) is 0 Å². The third-order valence-electron chi connectivity index (χ3n) is 6.38. The molecule has 0 aromatic carbocycles. The second-order valence-corrected chi connectivity index (χ2v) is 8.67. The number of fused-ring (bicyclic) bond motifs is 1. The summed E-state index contributed by atoms with van der Waals surface area (Å²) in [5, 5.41) is 11.7. The number of carbonyl (C=O) groups excluding carboxylic acids is 1. The van der Waals surface area contributed by atoms with Gasteiger partial charge in [-0.25, -0.2) is 0 Å². The highest BCUT2D eigenvalue weighted by Crippen LogP contribution is 2.39. The van der Waals surface area contributed by atoms with E-state index in [-0.39, 0.29) is 5.91 Å². The summed E-state index contributed by atoms with van der Waals surface area (Å²) < 4.78 is 5.44. The van der Waals surface area contributed by atoms with E-state index in [2.05, 4.69) is 11.0 Å². The van der Waals surface area contributed by atoms with Gasteiger partial charge >= 0.3 is 0 Å². The summed E-state index contributed by atoms with van der Waals surface area (Å²) in [6.07, 6.45) is 8.87. The maximum atomic E-state index is 13.2. The Morgan fingerprint density at radius 1 is 1.24 bits per heavy atom. The van der Waals surface area contributed by atoms with Gasteiger partial charge in [0.05, 0.1) is 17.0 Å². The SMILES string of the molecule is N#CC1(c2cc(C(=O)N3CCC[C@@H]4CCCC[C@@H]43)cs2)CCOCC1. The quantitative estimate of drug-likeness (QED) is 0.799. The van der Waals surface area contributed by atoms with E-state index >= 15 is 0 Å². The second kappa shape index (κ2) is 7.09. The van der Waals surface area contributed by atoms with Crippen molar-refractivity contribution < 1.29 is 9.53 Å². The van der Waals surface area contributed by atoms with Gasteiger partial charge in [0.25, 0.3) is 5.91 Å². The summed E-state index contributed by atoms with van der Waals surface area (Å²) >= 11 is 1.58. The van der Waals surface area contributed by atoms with Crippen LogP contribution in [0.2, 0.25) is 0 Å². The number of thiophene rings is 1. The minimum atomic E-state index is -0.462. The summed E-state index contributed by atoms with van der Waals surface area (Å²) in [6.45, 7) is 2.15. The normalized spacial score (nSPS) is 28.8. The molecule has 25 heavy (non-hydrogen) atoms. The number of amides is 1. The molecule has 1 aromatic heterocycles. The lowest BCUT2D eigenvalue weighted by atomic mass is 9.78. The predicted octanol–water partition coefficient (Wildman–Crippen LogP) is 4.11. The first-order chi connectivity index (χ1) is 12.2. The molecule has 1 amide bonds. The maximum Gasteiger partial charge on any atom is 0.254 e. The lowest BCUT2D eigenvalue weighted by molar-refractivity contribution is 0.0391. The standard InChI is InChI=1S/C20H26N2O2S/c21-14-20(7-10-24-11-8-20)18-12-16(13-25-18)19(23)22-9-3-5-15-4-1-2-6-17(15)22/h12-13,15,17H,1-11H2/t15-,17-/m0/s1. The maximum absolute atomic E-state index is 13.2. The van der Waals surface area contributed by atoms with Gasteiger partial charge in [-0.15, -0.1) is 11.3 Å². The van der Waals surface area contributed by atoms with Crippen LogP contribution < -0.4 is 0 Å². The Morgan fingerprint density at radius 3 is 2.80 bits per heavy atom. The molecule has 0 spiro atoms. The number of rotatable bonds is 2. The topological polar surface area (TPSA) is 53.3 Å². The number of piperidine rings is 1. The van der Waals surface area contributed by atoms with Crippen LogP contribution in [0.15, 0.2) is 11.4 Å². The minimum Gasteiger partial charge on any atom is -0.381 e. The molecule has 1 aromatic rings. The molecule has 3 fully saturated rings. The highest BCUT2D eigenvalue weighted by molar-refractivity contribution is 7.10. The van der Waals surface area contributed by atoms with Gasteiger partial charge < -0.3 is 9.64 Å². The van der Waals surface area contributed by atoms with Crippen LogP contribution in [-0.4, -0.2) is 36.6 Å². The molecule has 2 atom stereocenters. The van der Waals surface area contributed by atoms with Crippen molar-refractivity contribution in [3.05, 3.63) is 21.9 Å². The van der Waals surface area contributed by atoms with Crippen molar-refractivity contribution in [3.63, 3.8) is 0 Å². The minimum absolute atomic E-state index is 0.180. The lowest BCUT2D eigenvalue weighted by Gasteiger charge is -2.44. The molecule has 0 bridgehead atoms. The number of hydrogen-bond acceptors (Lipinski definition) is 4. The highest BCUT2D eigenvalue weighted by atomic mass is 32.1. The van der Waals surface area contributed by atoms with E-state index in [4.69, 9.17) is 4.74 Å². The number of carbonyl (C=O) groups is 1. The zero-order chi connectivity index (χ0) is 17.3. The molecule has 1 saturated carbocycles. The fourth-order valence-corrected chi connectivity index (χ4v) is 5.97. The fourth-order valence-electron chi connectivity index (χ4n) is 4.88. The molecular formula is C20H26N2O2S. The van der Waals surface area contributed by atoms with E-state index < -0.39 is 5.41 Å². The molecule has 134 valence electrons. The summed E-state index contributed by atoms with van der Waals surface area (Å²) in [6, 6.07) is 4.95. The third kappa shape index (κ3) is 3.11. The van der Waals surface area contributed by atoms with Crippen molar-refractivity contribution in [1.82, 2.24) is 4.90 Å². The predicted molar refractivity (Wildman–Crippen MR) is 97.7 cm³/mol. The molecule has 3 aliphatic rings.